The molecule has 0 spiro atoms. The van der Waals surface area contributed by atoms with Crippen molar-refractivity contribution in [3.63, 3.8) is 0 Å². The number of rotatable bonds is 3. The Bertz CT molecular complexity index is 625. The summed E-state index contributed by atoms with van der Waals surface area (Å²) >= 11 is 0. The first kappa shape index (κ1) is 16.7. The van der Waals surface area contributed by atoms with Crippen LogP contribution >= 0.6 is 0 Å². The first-order chi connectivity index (χ1) is 11.3. The van der Waals surface area contributed by atoms with Crippen molar-refractivity contribution in [1.29, 1.82) is 0 Å². The molecule has 1 saturated carbocycles. The van der Waals surface area contributed by atoms with Crippen LogP contribution in [0.4, 0.5) is 0 Å². The van der Waals surface area contributed by atoms with Gasteiger partial charge in [-0.05, 0) is 31.6 Å². The minimum Gasteiger partial charge on any atom is -0.610 e. The summed E-state index contributed by atoms with van der Waals surface area (Å²) in [6, 6.07) is 0. The fourth-order valence-corrected chi connectivity index (χ4v) is 3.63. The van der Waals surface area contributed by atoms with Crippen LogP contribution in [0.5, 0.6) is 0 Å². The third-order valence-corrected chi connectivity index (χ3v) is 5.10. The Morgan fingerprint density at radius 3 is 2.00 bits per heavy atom. The third-order valence-electron chi connectivity index (χ3n) is 5.10. The molecular formula is C16H18N2O6. The zero-order chi connectivity index (χ0) is 17.5. The van der Waals surface area contributed by atoms with Crippen LogP contribution < -0.4 is 0 Å². The number of carbonyl (C=O) groups is 5. The van der Waals surface area contributed by atoms with Crippen molar-refractivity contribution in [1.82, 2.24) is 4.90 Å². The Labute approximate surface area is 138 Å². The summed E-state index contributed by atoms with van der Waals surface area (Å²) in [6.07, 6.45) is 4.02. The molecule has 3 aliphatic rings. The van der Waals surface area contributed by atoms with Crippen molar-refractivity contribution in [3.05, 3.63) is 17.4 Å². The van der Waals surface area contributed by atoms with E-state index in [1.807, 2.05) is 0 Å². The number of hydrogen-bond donors (Lipinski definition) is 0. The van der Waals surface area contributed by atoms with Crippen LogP contribution in [0, 0.1) is 17.0 Å². The maximum atomic E-state index is 12.4. The van der Waals surface area contributed by atoms with E-state index in [0.29, 0.717) is 32.2 Å². The molecule has 128 valence electrons. The van der Waals surface area contributed by atoms with Crippen molar-refractivity contribution in [2.24, 2.45) is 11.8 Å². The van der Waals surface area contributed by atoms with E-state index in [-0.39, 0.29) is 30.6 Å². The van der Waals surface area contributed by atoms with Crippen molar-refractivity contribution in [2.75, 3.05) is 6.54 Å². The van der Waals surface area contributed by atoms with Gasteiger partial charge >= 0.3 is 17.7 Å². The van der Waals surface area contributed by atoms with E-state index in [4.69, 9.17) is 0 Å². The summed E-state index contributed by atoms with van der Waals surface area (Å²) in [6.45, 7) is 0.292. The zero-order valence-corrected chi connectivity index (χ0v) is 13.1. The predicted molar refractivity (Wildman–Crippen MR) is 79.2 cm³/mol. The van der Waals surface area contributed by atoms with E-state index in [2.05, 4.69) is 0 Å². The van der Waals surface area contributed by atoms with Gasteiger partial charge in [0, 0.05) is 18.7 Å². The first-order valence-electron chi connectivity index (χ1n) is 8.09. The maximum Gasteiger partial charge on any atom is 0.331 e. The monoisotopic (exact) mass is 334 g/mol. The molecule has 24 heavy (non-hydrogen) atoms. The topological polar surface area (TPSA) is 112 Å². The fourth-order valence-electron chi connectivity index (χ4n) is 3.63. The molecular weight excluding hydrogens is 316 g/mol. The van der Waals surface area contributed by atoms with Gasteiger partial charge in [0.05, 0.1) is 18.8 Å². The molecule has 0 atom stereocenters. The van der Waals surface area contributed by atoms with Gasteiger partial charge in [0.25, 0.3) is 11.8 Å². The number of hydrogen-bond acceptors (Lipinski definition) is 6. The van der Waals surface area contributed by atoms with Gasteiger partial charge in [-0.25, -0.2) is 14.4 Å². The average Bonchev–Trinajstić information content (AvgIpc) is 3.03. The molecule has 0 aromatic carbocycles. The summed E-state index contributed by atoms with van der Waals surface area (Å²) in [5, 5.41) is 12.4. The molecule has 1 aliphatic carbocycles. The molecule has 0 N–H and O–H groups in total. The van der Waals surface area contributed by atoms with Crippen LogP contribution in [0.1, 0.15) is 38.5 Å². The Morgan fingerprint density at radius 1 is 1.00 bits per heavy atom. The van der Waals surface area contributed by atoms with E-state index in [9.17, 15) is 29.2 Å². The third kappa shape index (κ3) is 2.61. The van der Waals surface area contributed by atoms with Crippen molar-refractivity contribution in [2.45, 2.75) is 38.5 Å². The highest BCUT2D eigenvalue weighted by atomic mass is 16.6. The highest BCUT2D eigenvalue weighted by Gasteiger charge is 2.51. The SMILES string of the molecule is O=C1C=CC(=O)N1CC1CCC(C(=O)[N+]2([O-])C(=O)CCC2=O)CC1. The lowest BCUT2D eigenvalue weighted by Crippen LogP contribution is -2.55. The van der Waals surface area contributed by atoms with Crippen LogP contribution in [-0.4, -0.2) is 45.6 Å². The Morgan fingerprint density at radius 2 is 1.50 bits per heavy atom. The molecule has 8 heteroatoms. The van der Waals surface area contributed by atoms with E-state index in [1.54, 1.807) is 0 Å². The van der Waals surface area contributed by atoms with Gasteiger partial charge in [-0.1, -0.05) is 0 Å². The summed E-state index contributed by atoms with van der Waals surface area (Å²) in [7, 11) is 0. The molecule has 8 nitrogen and oxygen atoms in total. The van der Waals surface area contributed by atoms with Gasteiger partial charge in [0.15, 0.2) is 0 Å². The Balaban J connectivity index is 1.58. The fraction of sp³-hybridized carbons (Fsp3) is 0.562. The van der Waals surface area contributed by atoms with Crippen LogP contribution in [0.2, 0.25) is 0 Å². The van der Waals surface area contributed by atoms with Gasteiger partial charge in [-0.15, -0.1) is 0 Å². The summed E-state index contributed by atoms with van der Waals surface area (Å²) in [5.41, 5.74) is 0. The Kier molecular flexibility index (Phi) is 4.18. The first-order valence-corrected chi connectivity index (χ1v) is 8.09. The smallest absolute Gasteiger partial charge is 0.331 e. The lowest BCUT2D eigenvalue weighted by atomic mass is 9.81. The molecule has 2 fully saturated rings. The second kappa shape index (κ2) is 6.03. The molecule has 1 saturated heterocycles. The predicted octanol–water partition coefficient (Wildman–Crippen LogP) is 0.406. The van der Waals surface area contributed by atoms with Gasteiger partial charge in [-0.3, -0.25) is 14.5 Å². The summed E-state index contributed by atoms with van der Waals surface area (Å²) in [5.74, 6) is -3.82. The van der Waals surface area contributed by atoms with Crippen LogP contribution in [0.3, 0.4) is 0 Å². The molecule has 0 radical (unpaired) electrons. The number of carbonyl (C=O) groups excluding carboxylic acids is 5. The maximum absolute atomic E-state index is 12.4. The number of quaternary nitrogens is 1. The molecule has 2 heterocycles. The van der Waals surface area contributed by atoms with Gasteiger partial charge in [-0.2, -0.15) is 4.65 Å². The molecule has 0 unspecified atom stereocenters. The lowest BCUT2D eigenvalue weighted by molar-refractivity contribution is -0.644. The van der Waals surface area contributed by atoms with Crippen LogP contribution in [0.25, 0.3) is 0 Å². The standard InChI is InChI=1S/C16H18N2O6/c19-12-5-6-13(20)17(12)9-10-1-3-11(4-2-10)16(23)18(24)14(21)7-8-15(18)22/h5-6,10-11H,1-4,7-9H2. The van der Waals surface area contributed by atoms with Crippen molar-refractivity contribution < 1.29 is 28.6 Å². The van der Waals surface area contributed by atoms with Crippen molar-refractivity contribution >= 4 is 29.5 Å². The van der Waals surface area contributed by atoms with E-state index in [1.165, 1.54) is 17.1 Å². The number of amides is 5. The molecule has 3 rings (SSSR count). The Hall–Kier alpha value is -2.19. The molecule has 0 bridgehead atoms. The molecule has 0 aromatic heterocycles. The lowest BCUT2D eigenvalue weighted by Gasteiger charge is -2.35. The van der Waals surface area contributed by atoms with Gasteiger partial charge in [0.2, 0.25) is 0 Å². The zero-order valence-electron chi connectivity index (χ0n) is 13.1. The molecule has 2 aliphatic heterocycles. The van der Waals surface area contributed by atoms with Crippen LogP contribution in [0.15, 0.2) is 12.2 Å². The number of imide groups is 4. The number of hydroxylamine groups is 3. The summed E-state index contributed by atoms with van der Waals surface area (Å²) < 4.78 is -1.94. The van der Waals surface area contributed by atoms with Gasteiger partial charge < -0.3 is 5.21 Å². The van der Waals surface area contributed by atoms with Crippen molar-refractivity contribution in [3.8, 4) is 0 Å². The second-order valence-electron chi connectivity index (χ2n) is 6.57. The highest BCUT2D eigenvalue weighted by molar-refractivity contribution is 6.12. The van der Waals surface area contributed by atoms with E-state index in [0.717, 1.165) is 0 Å². The van der Waals surface area contributed by atoms with E-state index >= 15 is 0 Å². The minimum absolute atomic E-state index is 0.0620. The normalized spacial score (nSPS) is 29.6. The molecule has 0 aromatic rings. The molecule has 5 amide bonds. The minimum atomic E-state index is -1.94. The largest absolute Gasteiger partial charge is 0.610 e. The van der Waals surface area contributed by atoms with Gasteiger partial charge in [0.1, 0.15) is 0 Å². The van der Waals surface area contributed by atoms with E-state index < -0.39 is 28.3 Å². The van der Waals surface area contributed by atoms with Crippen LogP contribution in [-0.2, 0) is 24.0 Å². The second-order valence-corrected chi connectivity index (χ2v) is 6.57. The quantitative estimate of drug-likeness (QED) is 0.420. The summed E-state index contributed by atoms with van der Waals surface area (Å²) in [4.78, 5) is 60.1. The number of nitrogens with zero attached hydrogens (tertiary/aromatic N) is 2. The number of likely N-dealkylation sites (tertiary alicyclic amines) is 1. The highest BCUT2D eigenvalue weighted by Crippen LogP contribution is 2.34. The average molecular weight is 334 g/mol.